The quantitative estimate of drug-likeness (QED) is 0.791. The fourth-order valence-electron chi connectivity index (χ4n) is 2.24. The molecule has 0 saturated carbocycles. The van der Waals surface area contributed by atoms with Crippen LogP contribution < -0.4 is 10.6 Å². The van der Waals surface area contributed by atoms with Crippen molar-refractivity contribution in [1.82, 2.24) is 5.32 Å². The van der Waals surface area contributed by atoms with Gasteiger partial charge in [0.05, 0.1) is 12.6 Å². The highest BCUT2D eigenvalue weighted by atomic mass is 19.1. The molecule has 1 atom stereocenters. The zero-order chi connectivity index (χ0) is 18.2. The van der Waals surface area contributed by atoms with E-state index >= 15 is 0 Å². The number of amides is 2. The number of benzene rings is 2. The van der Waals surface area contributed by atoms with E-state index < -0.39 is 17.9 Å². The van der Waals surface area contributed by atoms with Crippen LogP contribution in [0, 0.1) is 5.82 Å². The molecule has 2 aromatic rings. The monoisotopic (exact) mass is 344 g/mol. The zero-order valence-electron chi connectivity index (χ0n) is 14.2. The predicted octanol–water partition coefficient (Wildman–Crippen LogP) is 3.18. The Bertz CT molecular complexity index is 732. The summed E-state index contributed by atoms with van der Waals surface area (Å²) in [6.45, 7) is 4.66. The second-order valence-corrected chi connectivity index (χ2v) is 5.54. The van der Waals surface area contributed by atoms with Crippen molar-refractivity contribution in [3.8, 4) is 0 Å². The average molecular weight is 344 g/mol. The van der Waals surface area contributed by atoms with Gasteiger partial charge in [-0.2, -0.15) is 0 Å². The van der Waals surface area contributed by atoms with Crippen molar-refractivity contribution in [3.63, 3.8) is 0 Å². The van der Waals surface area contributed by atoms with Gasteiger partial charge in [0, 0.05) is 12.3 Å². The second kappa shape index (κ2) is 8.94. The molecular formula is C19H21FN2O3. The summed E-state index contributed by atoms with van der Waals surface area (Å²) in [6.07, 6.45) is 0. The Morgan fingerprint density at radius 2 is 1.84 bits per heavy atom. The van der Waals surface area contributed by atoms with Gasteiger partial charge in [0.15, 0.2) is 0 Å². The van der Waals surface area contributed by atoms with E-state index in [0.717, 1.165) is 5.56 Å². The van der Waals surface area contributed by atoms with Gasteiger partial charge in [0.25, 0.3) is 0 Å². The summed E-state index contributed by atoms with van der Waals surface area (Å²) in [4.78, 5) is 24.1. The van der Waals surface area contributed by atoms with Gasteiger partial charge in [0.2, 0.25) is 0 Å². The first-order chi connectivity index (χ1) is 12.0. The zero-order valence-corrected chi connectivity index (χ0v) is 14.2. The van der Waals surface area contributed by atoms with Crippen molar-refractivity contribution in [2.24, 2.45) is 0 Å². The van der Waals surface area contributed by atoms with E-state index in [-0.39, 0.29) is 5.82 Å². The Morgan fingerprint density at radius 1 is 1.12 bits per heavy atom. The highest BCUT2D eigenvalue weighted by molar-refractivity contribution is 6.39. The summed E-state index contributed by atoms with van der Waals surface area (Å²) in [5, 5.41) is 5.14. The van der Waals surface area contributed by atoms with Gasteiger partial charge < -0.3 is 15.4 Å². The molecular weight excluding hydrogens is 323 g/mol. The normalized spacial score (nSPS) is 11.6. The molecule has 2 rings (SSSR count). The number of anilines is 1. The lowest BCUT2D eigenvalue weighted by Gasteiger charge is -2.14. The SMILES string of the molecule is CCOCc1cccc(NC(=O)C(=O)NC(C)c2ccc(F)cc2)c1. The minimum Gasteiger partial charge on any atom is -0.377 e. The molecule has 0 aliphatic carbocycles. The highest BCUT2D eigenvalue weighted by Crippen LogP contribution is 2.14. The van der Waals surface area contributed by atoms with Crippen molar-refractivity contribution in [1.29, 1.82) is 0 Å². The van der Waals surface area contributed by atoms with Gasteiger partial charge in [-0.1, -0.05) is 24.3 Å². The number of nitrogens with one attached hydrogen (secondary N) is 2. The largest absolute Gasteiger partial charge is 0.377 e. The molecule has 0 aromatic heterocycles. The molecule has 0 heterocycles. The molecule has 0 spiro atoms. The molecule has 6 heteroatoms. The fraction of sp³-hybridized carbons (Fsp3) is 0.263. The molecule has 132 valence electrons. The predicted molar refractivity (Wildman–Crippen MR) is 93.4 cm³/mol. The standard InChI is InChI=1S/C19H21FN2O3/c1-3-25-12-14-5-4-6-17(11-14)22-19(24)18(23)21-13(2)15-7-9-16(20)10-8-15/h4-11,13H,3,12H2,1-2H3,(H,21,23)(H,22,24). The molecule has 2 amide bonds. The number of halogens is 1. The van der Waals surface area contributed by atoms with E-state index in [1.807, 2.05) is 13.0 Å². The van der Waals surface area contributed by atoms with Crippen molar-refractivity contribution >= 4 is 17.5 Å². The van der Waals surface area contributed by atoms with Crippen molar-refractivity contribution in [2.75, 3.05) is 11.9 Å². The van der Waals surface area contributed by atoms with Crippen LogP contribution in [0.1, 0.15) is 31.0 Å². The van der Waals surface area contributed by atoms with Crippen LogP contribution in [0.5, 0.6) is 0 Å². The van der Waals surface area contributed by atoms with Crippen LogP contribution >= 0.6 is 0 Å². The van der Waals surface area contributed by atoms with Gasteiger partial charge in [-0.3, -0.25) is 9.59 Å². The lowest BCUT2D eigenvalue weighted by atomic mass is 10.1. The Hall–Kier alpha value is -2.73. The summed E-state index contributed by atoms with van der Waals surface area (Å²) in [6, 6.07) is 12.4. The number of carbonyl (C=O) groups is 2. The van der Waals surface area contributed by atoms with Gasteiger partial charge >= 0.3 is 11.8 Å². The first-order valence-electron chi connectivity index (χ1n) is 8.03. The smallest absolute Gasteiger partial charge is 0.313 e. The average Bonchev–Trinajstić information content (AvgIpc) is 2.60. The molecule has 0 radical (unpaired) electrons. The molecule has 2 N–H and O–H groups in total. The molecule has 0 aliphatic heterocycles. The summed E-state index contributed by atoms with van der Waals surface area (Å²) in [5.41, 5.74) is 2.13. The number of hydrogen-bond donors (Lipinski definition) is 2. The van der Waals surface area contributed by atoms with E-state index in [4.69, 9.17) is 4.74 Å². The van der Waals surface area contributed by atoms with E-state index in [2.05, 4.69) is 10.6 Å². The Labute approximate surface area is 146 Å². The van der Waals surface area contributed by atoms with Gasteiger partial charge in [-0.15, -0.1) is 0 Å². The van der Waals surface area contributed by atoms with Crippen LogP contribution in [0.4, 0.5) is 10.1 Å². The summed E-state index contributed by atoms with van der Waals surface area (Å²) in [5.74, 6) is -1.87. The van der Waals surface area contributed by atoms with Crippen molar-refractivity contribution in [2.45, 2.75) is 26.5 Å². The summed E-state index contributed by atoms with van der Waals surface area (Å²) >= 11 is 0. The highest BCUT2D eigenvalue weighted by Gasteiger charge is 2.17. The number of rotatable bonds is 6. The summed E-state index contributed by atoms with van der Waals surface area (Å²) in [7, 11) is 0. The first-order valence-corrected chi connectivity index (χ1v) is 8.03. The van der Waals surface area contributed by atoms with Crippen LogP contribution in [0.15, 0.2) is 48.5 Å². The molecule has 25 heavy (non-hydrogen) atoms. The minimum absolute atomic E-state index is 0.355. The fourth-order valence-corrected chi connectivity index (χ4v) is 2.24. The molecule has 1 unspecified atom stereocenters. The van der Waals surface area contributed by atoms with Gasteiger partial charge in [0.1, 0.15) is 5.82 Å². The maximum Gasteiger partial charge on any atom is 0.313 e. The lowest BCUT2D eigenvalue weighted by molar-refractivity contribution is -0.136. The minimum atomic E-state index is -0.762. The number of carbonyl (C=O) groups excluding carboxylic acids is 2. The molecule has 5 nitrogen and oxygen atoms in total. The second-order valence-electron chi connectivity index (χ2n) is 5.54. The molecule has 0 aliphatic rings. The number of ether oxygens (including phenoxy) is 1. The van der Waals surface area contributed by atoms with Crippen LogP contribution in [-0.4, -0.2) is 18.4 Å². The van der Waals surface area contributed by atoms with Crippen LogP contribution in [0.25, 0.3) is 0 Å². The lowest BCUT2D eigenvalue weighted by Crippen LogP contribution is -2.36. The molecule has 0 saturated heterocycles. The van der Waals surface area contributed by atoms with E-state index in [0.29, 0.717) is 24.5 Å². The van der Waals surface area contributed by atoms with Gasteiger partial charge in [-0.05, 0) is 49.2 Å². The van der Waals surface area contributed by atoms with E-state index in [1.165, 1.54) is 12.1 Å². The van der Waals surface area contributed by atoms with Crippen LogP contribution in [-0.2, 0) is 20.9 Å². The van der Waals surface area contributed by atoms with E-state index in [9.17, 15) is 14.0 Å². The third-order valence-electron chi connectivity index (χ3n) is 3.58. The Kier molecular flexibility index (Phi) is 6.65. The van der Waals surface area contributed by atoms with Crippen LogP contribution in [0.3, 0.4) is 0 Å². The van der Waals surface area contributed by atoms with Crippen LogP contribution in [0.2, 0.25) is 0 Å². The molecule has 2 aromatic carbocycles. The Balaban J connectivity index is 1.93. The third kappa shape index (κ3) is 5.69. The third-order valence-corrected chi connectivity index (χ3v) is 3.58. The Morgan fingerprint density at radius 3 is 2.52 bits per heavy atom. The van der Waals surface area contributed by atoms with Gasteiger partial charge in [-0.25, -0.2) is 4.39 Å². The van der Waals surface area contributed by atoms with Crippen molar-refractivity contribution < 1.29 is 18.7 Å². The molecule has 0 bridgehead atoms. The molecule has 0 fully saturated rings. The number of hydrogen-bond acceptors (Lipinski definition) is 3. The topological polar surface area (TPSA) is 67.4 Å². The maximum atomic E-state index is 12.9. The first kappa shape index (κ1) is 18.6. The van der Waals surface area contributed by atoms with Crippen molar-refractivity contribution in [3.05, 3.63) is 65.5 Å². The maximum absolute atomic E-state index is 12.9. The summed E-state index contributed by atoms with van der Waals surface area (Å²) < 4.78 is 18.3. The van der Waals surface area contributed by atoms with E-state index in [1.54, 1.807) is 37.3 Å².